The number of carbonyl (C=O) groups excluding carboxylic acids is 2. The number of alkyl halides is 1. The van der Waals surface area contributed by atoms with Crippen LogP contribution in [0.15, 0.2) is 77.2 Å². The Morgan fingerprint density at radius 3 is 2.35 bits per heavy atom. The molecule has 1 heterocycles. The fraction of sp³-hybridized carbons (Fsp3) is 0.400. The number of benzene rings is 3. The highest BCUT2D eigenvalue weighted by Crippen LogP contribution is 2.31. The van der Waals surface area contributed by atoms with Crippen LogP contribution in [-0.2, 0) is 20.9 Å². The molecule has 1 saturated heterocycles. The number of anilines is 3. The number of nitrogens with one attached hydrogen (secondary N) is 1. The third-order valence-corrected chi connectivity index (χ3v) is 8.70. The second-order valence-electron chi connectivity index (χ2n) is 12.4. The number of thioether (sulfide) groups is 1. The zero-order chi connectivity index (χ0) is 38.8. The van der Waals surface area contributed by atoms with E-state index in [1.165, 1.54) is 23.6 Å². The minimum atomic E-state index is -0.991. The van der Waals surface area contributed by atoms with Gasteiger partial charge in [-0.2, -0.15) is 4.99 Å². The first-order valence-corrected chi connectivity index (χ1v) is 19.0. The zero-order valence-corrected chi connectivity index (χ0v) is 34.0. The predicted octanol–water partition coefficient (Wildman–Crippen LogP) is 8.67. The van der Waals surface area contributed by atoms with E-state index in [-0.39, 0.29) is 18.6 Å². The summed E-state index contributed by atoms with van der Waals surface area (Å²) in [4.78, 5) is 34.8. The molecule has 0 bridgehead atoms. The van der Waals surface area contributed by atoms with E-state index in [9.17, 15) is 14.0 Å². The maximum Gasteiger partial charge on any atom is 0.243 e. The number of nitrogens with zero attached hydrogens (tertiary/aromatic N) is 4. The van der Waals surface area contributed by atoms with Gasteiger partial charge in [-0.05, 0) is 86.9 Å². The Morgan fingerprint density at radius 1 is 1.08 bits per heavy atom. The van der Waals surface area contributed by atoms with Gasteiger partial charge in [-0.15, -0.1) is 9.24 Å². The summed E-state index contributed by atoms with van der Waals surface area (Å²) in [6, 6.07) is 19.7. The second kappa shape index (κ2) is 22.8. The van der Waals surface area contributed by atoms with E-state index in [1.807, 2.05) is 88.5 Å². The van der Waals surface area contributed by atoms with Crippen LogP contribution in [0.2, 0.25) is 0 Å². The Labute approximate surface area is 316 Å². The molecule has 0 aromatic heterocycles. The van der Waals surface area contributed by atoms with E-state index < -0.39 is 6.17 Å². The smallest absolute Gasteiger partial charge is 0.243 e. The van der Waals surface area contributed by atoms with Gasteiger partial charge in [0, 0.05) is 42.2 Å². The minimum Gasteiger partial charge on any atom is -0.491 e. The van der Waals surface area contributed by atoms with Gasteiger partial charge >= 0.3 is 0 Å². The average molecular weight is 752 g/mol. The topological polar surface area (TPSA) is 95.8 Å². The molecule has 2 unspecified atom stereocenters. The monoisotopic (exact) mass is 751 g/mol. The van der Waals surface area contributed by atoms with E-state index >= 15 is 0 Å². The number of amides is 2. The van der Waals surface area contributed by atoms with Gasteiger partial charge in [0.2, 0.25) is 12.3 Å². The summed E-state index contributed by atoms with van der Waals surface area (Å²) in [5.74, 6) is 1.33. The number of hydrogen-bond acceptors (Lipinski definition) is 7. The number of ether oxygens (including phenoxy) is 2. The molecular formula is C40H55FN5O4PS. The van der Waals surface area contributed by atoms with Gasteiger partial charge in [-0.1, -0.05) is 64.2 Å². The lowest BCUT2D eigenvalue weighted by Crippen LogP contribution is -2.30. The summed E-state index contributed by atoms with van der Waals surface area (Å²) in [6.07, 6.45) is 1.27. The Hall–Kier alpha value is -4.05. The first-order valence-electron chi connectivity index (χ1n) is 17.4. The first kappa shape index (κ1) is 44.1. The molecule has 0 saturated carbocycles. The molecule has 0 aliphatic carbocycles. The number of aryl methyl sites for hydroxylation is 1. The fourth-order valence-electron chi connectivity index (χ4n) is 4.75. The molecule has 4 rings (SSSR count). The van der Waals surface area contributed by atoms with Gasteiger partial charge in [-0.25, -0.2) is 9.38 Å². The van der Waals surface area contributed by atoms with Crippen LogP contribution in [0.3, 0.4) is 0 Å². The molecule has 3 aromatic rings. The molecule has 282 valence electrons. The minimum absolute atomic E-state index is 0.0541. The Kier molecular flexibility index (Phi) is 19.3. The number of rotatable bonds is 15. The normalized spacial score (nSPS) is 13.8. The van der Waals surface area contributed by atoms with Gasteiger partial charge in [-0.3, -0.25) is 14.5 Å². The SMILES string of the molecule is C=C(N=CN(c1ccc(OCC(C)F)cc1)C(C)C)c1ccc(NC)c(P)c1.CC.Cc1ccc(COCC(C)C)c(N2C(=O)CSC2=NC=O)c1. The van der Waals surface area contributed by atoms with Crippen LogP contribution >= 0.6 is 21.0 Å². The lowest BCUT2D eigenvalue weighted by atomic mass is 10.1. The van der Waals surface area contributed by atoms with Crippen molar-refractivity contribution in [3.63, 3.8) is 0 Å². The van der Waals surface area contributed by atoms with Gasteiger partial charge in [0.1, 0.15) is 18.5 Å². The molecule has 0 radical (unpaired) electrons. The number of carbonyl (C=O) groups is 2. The van der Waals surface area contributed by atoms with Crippen LogP contribution in [0, 0.1) is 12.8 Å². The molecule has 1 N–H and O–H groups in total. The molecule has 1 aliphatic rings. The van der Waals surface area contributed by atoms with Crippen LogP contribution in [0.4, 0.5) is 21.5 Å². The van der Waals surface area contributed by atoms with Crippen molar-refractivity contribution in [2.75, 3.05) is 41.1 Å². The Bertz CT molecular complexity index is 1660. The van der Waals surface area contributed by atoms with E-state index in [4.69, 9.17) is 9.47 Å². The van der Waals surface area contributed by atoms with Crippen molar-refractivity contribution in [3.05, 3.63) is 83.9 Å². The van der Waals surface area contributed by atoms with Gasteiger partial charge < -0.3 is 19.7 Å². The summed E-state index contributed by atoms with van der Waals surface area (Å²) < 4.78 is 24.0. The van der Waals surface area contributed by atoms with E-state index in [0.29, 0.717) is 47.9 Å². The summed E-state index contributed by atoms with van der Waals surface area (Å²) in [6.45, 7) is 21.0. The van der Waals surface area contributed by atoms with Crippen molar-refractivity contribution in [3.8, 4) is 5.75 Å². The highest BCUT2D eigenvalue weighted by atomic mass is 32.2. The summed E-state index contributed by atoms with van der Waals surface area (Å²) >= 11 is 1.28. The summed E-state index contributed by atoms with van der Waals surface area (Å²) in [5, 5.41) is 4.63. The van der Waals surface area contributed by atoms with Gasteiger partial charge in [0.25, 0.3) is 0 Å². The third kappa shape index (κ3) is 13.8. The van der Waals surface area contributed by atoms with Crippen molar-refractivity contribution in [2.24, 2.45) is 15.9 Å². The Morgan fingerprint density at radius 2 is 1.77 bits per heavy atom. The maximum atomic E-state index is 12.9. The van der Waals surface area contributed by atoms with Gasteiger partial charge in [0.15, 0.2) is 5.17 Å². The predicted molar refractivity (Wildman–Crippen MR) is 223 cm³/mol. The summed E-state index contributed by atoms with van der Waals surface area (Å²) in [5.41, 5.74) is 6.39. The molecule has 1 aliphatic heterocycles. The van der Waals surface area contributed by atoms with Gasteiger partial charge in [0.05, 0.1) is 30.1 Å². The highest BCUT2D eigenvalue weighted by molar-refractivity contribution is 8.15. The van der Waals surface area contributed by atoms with Crippen LogP contribution in [0.1, 0.15) is 65.2 Å². The molecule has 3 aromatic carbocycles. The molecule has 52 heavy (non-hydrogen) atoms. The molecule has 1 fully saturated rings. The highest BCUT2D eigenvalue weighted by Gasteiger charge is 2.31. The van der Waals surface area contributed by atoms with Crippen molar-refractivity contribution in [2.45, 2.75) is 74.2 Å². The standard InChI is InChI=1S/C22H29FN3OP.C16H20N2O3S.C2H6/c1-15(2)26(19-7-9-20(10-8-19)27-13-16(3)23)14-25-17(4)18-6-11-21(24-5)22(28)12-18;1-11(2)7-21-8-13-5-4-12(3)6-14(13)18-15(20)9-22-16(18)17-10-19;1-2/h6-12,14-16,24H,4,13,28H2,1-3,5H3;4-6,10-11H,7-9H2,1-3H3;1-2H3. The molecule has 12 heteroatoms. The molecule has 9 nitrogen and oxygen atoms in total. The quantitative estimate of drug-likeness (QED) is 0.0719. The third-order valence-electron chi connectivity index (χ3n) is 7.28. The average Bonchev–Trinajstić information content (AvgIpc) is 3.48. The van der Waals surface area contributed by atoms with Crippen molar-refractivity contribution in [1.82, 2.24) is 0 Å². The van der Waals surface area contributed by atoms with Crippen molar-refractivity contribution < 1.29 is 23.5 Å². The molecular weight excluding hydrogens is 697 g/mol. The Balaban J connectivity index is 0.000000352. The largest absolute Gasteiger partial charge is 0.491 e. The van der Waals surface area contributed by atoms with Crippen LogP contribution in [0.25, 0.3) is 5.70 Å². The number of hydrogen-bond donors (Lipinski definition) is 1. The molecule has 2 atom stereocenters. The first-order chi connectivity index (χ1) is 24.8. The molecule has 0 spiro atoms. The van der Waals surface area contributed by atoms with Crippen LogP contribution < -0.4 is 25.2 Å². The van der Waals surface area contributed by atoms with Crippen LogP contribution in [-0.4, -0.2) is 62.1 Å². The number of amidine groups is 1. The lowest BCUT2D eigenvalue weighted by Gasteiger charge is -2.24. The van der Waals surface area contributed by atoms with Crippen molar-refractivity contribution in [1.29, 1.82) is 0 Å². The maximum absolute atomic E-state index is 12.9. The van der Waals surface area contributed by atoms with Crippen molar-refractivity contribution >= 4 is 72.9 Å². The summed E-state index contributed by atoms with van der Waals surface area (Å²) in [7, 11) is 4.61. The number of halogens is 1. The van der Waals surface area contributed by atoms with Crippen LogP contribution in [0.5, 0.6) is 5.75 Å². The van der Waals surface area contributed by atoms with E-state index in [0.717, 1.165) is 39.1 Å². The number of aliphatic imine (C=N–C) groups is 2. The fourth-order valence-corrected chi connectivity index (χ4v) is 6.00. The molecule has 2 amide bonds. The zero-order valence-electron chi connectivity index (χ0n) is 32.0. The second-order valence-corrected chi connectivity index (χ2v) is 14.0. The van der Waals surface area contributed by atoms with E-state index in [2.05, 4.69) is 63.7 Å². The lowest BCUT2D eigenvalue weighted by molar-refractivity contribution is -0.115. The van der Waals surface area contributed by atoms with E-state index in [1.54, 1.807) is 6.34 Å².